The Bertz CT molecular complexity index is 395. The molecular formula is C12H20N4O2. The van der Waals surface area contributed by atoms with Crippen LogP contribution in [0.2, 0.25) is 0 Å². The molecular weight excluding hydrogens is 232 g/mol. The SMILES string of the molecule is CNc1ncccc1C(=O)NC[C@H](O)CN(C)C. The average Bonchev–Trinajstić information content (AvgIpc) is 2.35. The van der Waals surface area contributed by atoms with Gasteiger partial charge in [-0.25, -0.2) is 4.98 Å². The van der Waals surface area contributed by atoms with Gasteiger partial charge in [0.15, 0.2) is 0 Å². The van der Waals surface area contributed by atoms with Crippen LogP contribution in [-0.2, 0) is 0 Å². The molecule has 18 heavy (non-hydrogen) atoms. The van der Waals surface area contributed by atoms with E-state index in [1.807, 2.05) is 19.0 Å². The monoisotopic (exact) mass is 252 g/mol. The summed E-state index contributed by atoms with van der Waals surface area (Å²) in [5.74, 6) is 0.280. The zero-order valence-electron chi connectivity index (χ0n) is 11.0. The maximum Gasteiger partial charge on any atom is 0.255 e. The van der Waals surface area contributed by atoms with E-state index in [0.717, 1.165) is 0 Å². The number of nitrogens with zero attached hydrogens (tertiary/aromatic N) is 2. The molecule has 0 unspecified atom stereocenters. The van der Waals surface area contributed by atoms with E-state index < -0.39 is 6.10 Å². The molecule has 3 N–H and O–H groups in total. The molecule has 0 aliphatic carbocycles. The van der Waals surface area contributed by atoms with Crippen LogP contribution in [0.15, 0.2) is 18.3 Å². The van der Waals surface area contributed by atoms with E-state index in [2.05, 4.69) is 15.6 Å². The standard InChI is InChI=1S/C12H20N4O2/c1-13-11-10(5-4-6-14-11)12(18)15-7-9(17)8-16(2)3/h4-6,9,17H,7-8H2,1-3H3,(H,13,14)(H,15,18)/t9-/m0/s1. The van der Waals surface area contributed by atoms with Gasteiger partial charge in [-0.2, -0.15) is 0 Å². The van der Waals surface area contributed by atoms with Crippen LogP contribution in [0.3, 0.4) is 0 Å². The number of anilines is 1. The lowest BCUT2D eigenvalue weighted by molar-refractivity contribution is 0.0893. The van der Waals surface area contributed by atoms with Gasteiger partial charge in [0.1, 0.15) is 5.82 Å². The number of carbonyl (C=O) groups excluding carboxylic acids is 1. The first-order valence-corrected chi connectivity index (χ1v) is 5.78. The highest BCUT2D eigenvalue weighted by Crippen LogP contribution is 2.09. The van der Waals surface area contributed by atoms with Gasteiger partial charge in [-0.15, -0.1) is 0 Å². The van der Waals surface area contributed by atoms with E-state index in [9.17, 15) is 9.90 Å². The van der Waals surface area contributed by atoms with E-state index in [4.69, 9.17) is 0 Å². The maximum absolute atomic E-state index is 11.9. The van der Waals surface area contributed by atoms with E-state index >= 15 is 0 Å². The fraction of sp³-hybridized carbons (Fsp3) is 0.500. The lowest BCUT2D eigenvalue weighted by atomic mass is 10.2. The van der Waals surface area contributed by atoms with Crippen molar-refractivity contribution in [2.45, 2.75) is 6.10 Å². The summed E-state index contributed by atoms with van der Waals surface area (Å²) < 4.78 is 0. The molecule has 1 rings (SSSR count). The highest BCUT2D eigenvalue weighted by molar-refractivity contribution is 5.98. The van der Waals surface area contributed by atoms with Crippen LogP contribution in [0.5, 0.6) is 0 Å². The van der Waals surface area contributed by atoms with Gasteiger partial charge in [-0.3, -0.25) is 4.79 Å². The molecule has 1 aromatic rings. The van der Waals surface area contributed by atoms with E-state index in [1.54, 1.807) is 25.4 Å². The molecule has 0 aliphatic rings. The Morgan fingerprint density at radius 2 is 2.28 bits per heavy atom. The van der Waals surface area contributed by atoms with E-state index in [0.29, 0.717) is 17.9 Å². The minimum absolute atomic E-state index is 0.217. The molecule has 1 atom stereocenters. The number of aliphatic hydroxyl groups is 1. The van der Waals surface area contributed by atoms with Gasteiger partial charge in [0.2, 0.25) is 0 Å². The van der Waals surface area contributed by atoms with Crippen LogP contribution in [0.4, 0.5) is 5.82 Å². The van der Waals surface area contributed by atoms with Crippen molar-refractivity contribution in [2.75, 3.05) is 39.5 Å². The van der Waals surface area contributed by atoms with Crippen LogP contribution < -0.4 is 10.6 Å². The lowest BCUT2D eigenvalue weighted by Crippen LogP contribution is -2.37. The number of nitrogens with one attached hydrogen (secondary N) is 2. The number of carbonyl (C=O) groups is 1. The Kier molecular flexibility index (Phi) is 5.54. The number of likely N-dealkylation sites (N-methyl/N-ethyl adjacent to an activating group) is 1. The third-order valence-electron chi connectivity index (χ3n) is 2.36. The van der Waals surface area contributed by atoms with Crippen LogP contribution in [0, 0.1) is 0 Å². The zero-order chi connectivity index (χ0) is 13.5. The van der Waals surface area contributed by atoms with Crippen molar-refractivity contribution < 1.29 is 9.90 Å². The van der Waals surface area contributed by atoms with Crippen molar-refractivity contribution >= 4 is 11.7 Å². The highest BCUT2D eigenvalue weighted by Gasteiger charge is 2.13. The molecule has 1 heterocycles. The molecule has 1 amide bonds. The largest absolute Gasteiger partial charge is 0.390 e. The van der Waals surface area contributed by atoms with Crippen LogP contribution in [-0.4, -0.2) is 61.2 Å². The molecule has 0 aliphatic heterocycles. The van der Waals surface area contributed by atoms with Gasteiger partial charge in [-0.05, 0) is 26.2 Å². The number of aliphatic hydroxyl groups excluding tert-OH is 1. The summed E-state index contributed by atoms with van der Waals surface area (Å²) in [4.78, 5) is 17.8. The van der Waals surface area contributed by atoms with Crippen molar-refractivity contribution in [3.63, 3.8) is 0 Å². The lowest BCUT2D eigenvalue weighted by Gasteiger charge is -2.16. The third kappa shape index (κ3) is 4.31. The fourth-order valence-corrected chi connectivity index (χ4v) is 1.58. The number of hydrogen-bond donors (Lipinski definition) is 3. The zero-order valence-corrected chi connectivity index (χ0v) is 11.0. The molecule has 0 saturated heterocycles. The quantitative estimate of drug-likeness (QED) is 0.652. The van der Waals surface area contributed by atoms with Gasteiger partial charge in [0.25, 0.3) is 5.91 Å². The molecule has 0 aromatic carbocycles. The molecule has 6 heteroatoms. The topological polar surface area (TPSA) is 77.5 Å². The van der Waals surface area contributed by atoms with Crippen molar-refractivity contribution in [1.82, 2.24) is 15.2 Å². The number of hydrogen-bond acceptors (Lipinski definition) is 5. The average molecular weight is 252 g/mol. The molecule has 100 valence electrons. The van der Waals surface area contributed by atoms with Gasteiger partial charge < -0.3 is 20.6 Å². The number of rotatable bonds is 6. The molecule has 0 saturated carbocycles. The second-order valence-electron chi connectivity index (χ2n) is 4.28. The Morgan fingerprint density at radius 1 is 1.56 bits per heavy atom. The van der Waals surface area contributed by atoms with Crippen LogP contribution in [0.1, 0.15) is 10.4 Å². The number of amides is 1. The minimum Gasteiger partial charge on any atom is -0.390 e. The van der Waals surface area contributed by atoms with Gasteiger partial charge >= 0.3 is 0 Å². The van der Waals surface area contributed by atoms with Crippen molar-refractivity contribution in [1.29, 1.82) is 0 Å². The summed E-state index contributed by atoms with van der Waals surface area (Å²) in [6, 6.07) is 3.39. The summed E-state index contributed by atoms with van der Waals surface area (Å²) >= 11 is 0. The molecule has 0 fully saturated rings. The van der Waals surface area contributed by atoms with Gasteiger partial charge in [0, 0.05) is 26.3 Å². The van der Waals surface area contributed by atoms with Crippen molar-refractivity contribution in [3.8, 4) is 0 Å². The smallest absolute Gasteiger partial charge is 0.255 e. The fourth-order valence-electron chi connectivity index (χ4n) is 1.58. The van der Waals surface area contributed by atoms with Crippen molar-refractivity contribution in [2.24, 2.45) is 0 Å². The second-order valence-corrected chi connectivity index (χ2v) is 4.28. The van der Waals surface area contributed by atoms with Gasteiger partial charge in [-0.1, -0.05) is 0 Å². The Hall–Kier alpha value is -1.66. The summed E-state index contributed by atoms with van der Waals surface area (Å²) in [6.07, 6.45) is 1.03. The Labute approximate surface area is 107 Å². The van der Waals surface area contributed by atoms with Gasteiger partial charge in [0.05, 0.1) is 11.7 Å². The van der Waals surface area contributed by atoms with E-state index in [1.165, 1.54) is 0 Å². The van der Waals surface area contributed by atoms with Crippen molar-refractivity contribution in [3.05, 3.63) is 23.9 Å². The normalized spacial score (nSPS) is 12.3. The predicted octanol–water partition coefficient (Wildman–Crippen LogP) is -0.224. The molecule has 1 aromatic heterocycles. The van der Waals surface area contributed by atoms with Crippen LogP contribution in [0.25, 0.3) is 0 Å². The maximum atomic E-state index is 11.9. The highest BCUT2D eigenvalue weighted by atomic mass is 16.3. The summed E-state index contributed by atoms with van der Waals surface area (Å²) in [6.45, 7) is 0.723. The predicted molar refractivity (Wildman–Crippen MR) is 70.7 cm³/mol. The molecule has 0 spiro atoms. The number of aromatic nitrogens is 1. The first-order chi connectivity index (χ1) is 8.54. The summed E-state index contributed by atoms with van der Waals surface area (Å²) in [5, 5.41) is 15.2. The van der Waals surface area contributed by atoms with Crippen LogP contribution >= 0.6 is 0 Å². The van der Waals surface area contributed by atoms with E-state index in [-0.39, 0.29) is 12.5 Å². The third-order valence-corrected chi connectivity index (χ3v) is 2.36. The molecule has 0 radical (unpaired) electrons. The molecule has 6 nitrogen and oxygen atoms in total. The Morgan fingerprint density at radius 3 is 2.89 bits per heavy atom. The summed E-state index contributed by atoms with van der Waals surface area (Å²) in [5.41, 5.74) is 0.469. The first kappa shape index (κ1) is 14.4. The number of pyridine rings is 1. The summed E-state index contributed by atoms with van der Waals surface area (Å²) in [7, 11) is 5.44. The Balaban J connectivity index is 2.55. The second kappa shape index (κ2) is 6.93. The molecule has 0 bridgehead atoms. The first-order valence-electron chi connectivity index (χ1n) is 5.78. The minimum atomic E-state index is -0.585.